The fraction of sp³-hybridized carbons (Fsp3) is 0.222. The highest BCUT2D eigenvalue weighted by molar-refractivity contribution is 9.10. The van der Waals surface area contributed by atoms with Crippen LogP contribution in [0.25, 0.3) is 6.08 Å². The zero-order valence-corrected chi connectivity index (χ0v) is 16.4. The number of nitrogens with one attached hydrogen (secondary N) is 2. The second kappa shape index (κ2) is 8.24. The van der Waals surface area contributed by atoms with Crippen molar-refractivity contribution >= 4 is 51.4 Å². The van der Waals surface area contributed by atoms with Crippen LogP contribution in [0.1, 0.15) is 18.2 Å². The number of carbonyl (C=O) groups is 1. The number of rotatable bonds is 6. The number of halogens is 2. The number of anilines is 2. The highest BCUT2D eigenvalue weighted by Gasteiger charge is 2.13. The van der Waals surface area contributed by atoms with Gasteiger partial charge in [0, 0.05) is 29.8 Å². The van der Waals surface area contributed by atoms with E-state index in [4.69, 9.17) is 16.9 Å². The number of benzene rings is 1. The van der Waals surface area contributed by atoms with Crippen molar-refractivity contribution in [2.24, 2.45) is 7.05 Å². The Morgan fingerprint density at radius 2 is 2.16 bits per heavy atom. The number of aromatic nitrogens is 1. The average molecular weight is 422 g/mol. The van der Waals surface area contributed by atoms with Crippen LogP contribution in [-0.2, 0) is 11.8 Å². The molecule has 1 atom stereocenters. The number of hydrogen-bond acceptors (Lipinski definition) is 4. The van der Waals surface area contributed by atoms with Gasteiger partial charge in [0.1, 0.15) is 23.9 Å². The van der Waals surface area contributed by atoms with E-state index in [9.17, 15) is 4.79 Å². The van der Waals surface area contributed by atoms with Crippen molar-refractivity contribution in [2.45, 2.75) is 13.0 Å². The Bertz CT molecular complexity index is 867. The lowest BCUT2D eigenvalue weighted by Crippen LogP contribution is -2.20. The number of nitrogens with zero attached hydrogens (tertiary/aromatic N) is 2. The lowest BCUT2D eigenvalue weighted by molar-refractivity contribution is -0.105. The topological polar surface area (TPSA) is 69.8 Å². The molecule has 1 aromatic heterocycles. The van der Waals surface area contributed by atoms with Crippen molar-refractivity contribution < 1.29 is 4.79 Å². The molecule has 7 heteroatoms. The van der Waals surface area contributed by atoms with Crippen LogP contribution >= 0.6 is 27.5 Å². The number of aldehydes is 1. The van der Waals surface area contributed by atoms with Crippen LogP contribution in [0.5, 0.6) is 0 Å². The zero-order valence-electron chi connectivity index (χ0n) is 14.1. The Kier molecular flexibility index (Phi) is 6.29. The molecule has 0 bridgehead atoms. The van der Waals surface area contributed by atoms with Crippen molar-refractivity contribution in [1.82, 2.24) is 4.57 Å². The third-order valence-corrected chi connectivity index (χ3v) is 5.12. The Morgan fingerprint density at radius 3 is 2.72 bits per heavy atom. The van der Waals surface area contributed by atoms with Gasteiger partial charge in [-0.1, -0.05) is 11.6 Å². The maximum Gasteiger partial charge on any atom is 0.148 e. The van der Waals surface area contributed by atoms with E-state index >= 15 is 0 Å². The van der Waals surface area contributed by atoms with E-state index in [1.54, 1.807) is 29.8 Å². The van der Waals surface area contributed by atoms with Gasteiger partial charge in [-0.15, -0.1) is 0 Å². The van der Waals surface area contributed by atoms with Crippen molar-refractivity contribution in [2.75, 3.05) is 17.7 Å². The SMILES string of the molecule is CNc1cc(Br)c(Cl)cc1/C=C(\C=O)C(C)Nc1ccc(C#N)n1C. The lowest BCUT2D eigenvalue weighted by atomic mass is 10.0. The van der Waals surface area contributed by atoms with E-state index < -0.39 is 0 Å². The minimum atomic E-state index is -0.246. The predicted molar refractivity (Wildman–Crippen MR) is 106 cm³/mol. The van der Waals surface area contributed by atoms with Gasteiger partial charge in [-0.25, -0.2) is 0 Å². The molecule has 0 amide bonds. The van der Waals surface area contributed by atoms with Gasteiger partial charge >= 0.3 is 0 Å². The molecule has 0 spiro atoms. The van der Waals surface area contributed by atoms with Crippen molar-refractivity contribution in [3.8, 4) is 6.07 Å². The maximum atomic E-state index is 11.6. The fourth-order valence-corrected chi connectivity index (χ4v) is 2.93. The van der Waals surface area contributed by atoms with Crippen LogP contribution in [0.4, 0.5) is 11.5 Å². The summed E-state index contributed by atoms with van der Waals surface area (Å²) in [5.41, 5.74) is 2.78. The summed E-state index contributed by atoms with van der Waals surface area (Å²) in [6.07, 6.45) is 2.62. The minimum Gasteiger partial charge on any atom is -0.388 e. The third-order valence-electron chi connectivity index (χ3n) is 3.92. The average Bonchev–Trinajstić information content (AvgIpc) is 2.95. The lowest BCUT2D eigenvalue weighted by Gasteiger charge is -2.17. The second-order valence-electron chi connectivity index (χ2n) is 5.51. The molecule has 5 nitrogen and oxygen atoms in total. The summed E-state index contributed by atoms with van der Waals surface area (Å²) in [6.45, 7) is 1.89. The van der Waals surface area contributed by atoms with Gasteiger partial charge in [0.25, 0.3) is 0 Å². The predicted octanol–water partition coefficient (Wildman–Crippen LogP) is 4.44. The van der Waals surface area contributed by atoms with Crippen LogP contribution in [0.3, 0.4) is 0 Å². The van der Waals surface area contributed by atoms with Crippen LogP contribution in [0.2, 0.25) is 5.02 Å². The highest BCUT2D eigenvalue weighted by atomic mass is 79.9. The Hall–Kier alpha value is -2.23. The van der Waals surface area contributed by atoms with Gasteiger partial charge in [0.2, 0.25) is 0 Å². The Morgan fingerprint density at radius 1 is 1.44 bits per heavy atom. The van der Waals surface area contributed by atoms with E-state index in [0.29, 0.717) is 16.3 Å². The van der Waals surface area contributed by atoms with E-state index in [0.717, 1.165) is 27.8 Å². The molecule has 1 aromatic carbocycles. The molecule has 0 saturated carbocycles. The van der Waals surface area contributed by atoms with Crippen LogP contribution in [-0.4, -0.2) is 23.9 Å². The standard InChI is InChI=1S/C18H18BrClN4O/c1-11(23-18-5-4-14(9-21)24(18)3)13(10-25)6-12-7-16(20)15(19)8-17(12)22-2/h4-8,10-11,22-23H,1-3H3/b13-6+. The molecule has 2 rings (SSSR count). The number of hydrogen-bond donors (Lipinski definition) is 2. The first kappa shape index (κ1) is 19.1. The van der Waals surface area contributed by atoms with Gasteiger partial charge in [-0.3, -0.25) is 4.79 Å². The molecule has 0 saturated heterocycles. The van der Waals surface area contributed by atoms with Gasteiger partial charge in [0.15, 0.2) is 0 Å². The largest absolute Gasteiger partial charge is 0.388 e. The van der Waals surface area contributed by atoms with Crippen molar-refractivity contribution in [1.29, 1.82) is 5.26 Å². The van der Waals surface area contributed by atoms with Gasteiger partial charge in [0.05, 0.1) is 11.1 Å². The summed E-state index contributed by atoms with van der Waals surface area (Å²) in [7, 11) is 3.61. The summed E-state index contributed by atoms with van der Waals surface area (Å²) in [4.78, 5) is 11.6. The summed E-state index contributed by atoms with van der Waals surface area (Å²) in [6, 6.07) is 9.07. The molecule has 2 N–H and O–H groups in total. The zero-order chi connectivity index (χ0) is 18.6. The van der Waals surface area contributed by atoms with E-state index in [1.165, 1.54) is 0 Å². The molecule has 1 heterocycles. The smallest absolute Gasteiger partial charge is 0.148 e. The van der Waals surface area contributed by atoms with E-state index in [-0.39, 0.29) is 6.04 Å². The van der Waals surface area contributed by atoms with Gasteiger partial charge in [-0.2, -0.15) is 5.26 Å². The van der Waals surface area contributed by atoms with Crippen LogP contribution < -0.4 is 10.6 Å². The molecule has 130 valence electrons. The maximum absolute atomic E-state index is 11.6. The van der Waals surface area contributed by atoms with Crippen LogP contribution in [0.15, 0.2) is 34.3 Å². The molecule has 0 fully saturated rings. The summed E-state index contributed by atoms with van der Waals surface area (Å²) in [5.74, 6) is 0.763. The van der Waals surface area contributed by atoms with Crippen LogP contribution in [0, 0.1) is 11.3 Å². The van der Waals surface area contributed by atoms with E-state index in [1.807, 2.05) is 26.1 Å². The third kappa shape index (κ3) is 4.25. The second-order valence-corrected chi connectivity index (χ2v) is 6.77. The van der Waals surface area contributed by atoms with Gasteiger partial charge < -0.3 is 15.2 Å². The normalized spacial score (nSPS) is 12.4. The first-order chi connectivity index (χ1) is 11.9. The molecular weight excluding hydrogens is 404 g/mol. The molecular formula is C18H18BrClN4O. The first-order valence-electron chi connectivity index (χ1n) is 7.57. The number of carbonyl (C=O) groups excluding carboxylic acids is 1. The molecule has 0 aliphatic heterocycles. The Balaban J connectivity index is 2.34. The van der Waals surface area contributed by atoms with Crippen molar-refractivity contribution in [3.63, 3.8) is 0 Å². The quantitative estimate of drug-likeness (QED) is 0.534. The van der Waals surface area contributed by atoms with Crippen molar-refractivity contribution in [3.05, 3.63) is 50.6 Å². The Labute approximate surface area is 160 Å². The monoisotopic (exact) mass is 420 g/mol. The minimum absolute atomic E-state index is 0.246. The molecule has 2 aromatic rings. The molecule has 0 radical (unpaired) electrons. The van der Waals surface area contributed by atoms with Gasteiger partial charge in [-0.05, 0) is 58.8 Å². The molecule has 1 unspecified atom stereocenters. The first-order valence-corrected chi connectivity index (χ1v) is 8.74. The molecule has 25 heavy (non-hydrogen) atoms. The van der Waals surface area contributed by atoms with E-state index in [2.05, 4.69) is 32.6 Å². The summed E-state index contributed by atoms with van der Waals surface area (Å²) in [5, 5.41) is 15.9. The number of nitriles is 1. The molecule has 0 aliphatic carbocycles. The molecule has 0 aliphatic rings. The fourth-order valence-electron chi connectivity index (χ4n) is 2.41. The summed E-state index contributed by atoms with van der Waals surface area (Å²) < 4.78 is 2.52. The summed E-state index contributed by atoms with van der Waals surface area (Å²) >= 11 is 9.57. The highest BCUT2D eigenvalue weighted by Crippen LogP contribution is 2.31.